The Balaban J connectivity index is 1.84. The van der Waals surface area contributed by atoms with Gasteiger partial charge in [-0.05, 0) is 55.4 Å². The highest BCUT2D eigenvalue weighted by atomic mass is 16.3. The third-order valence-electron chi connectivity index (χ3n) is 4.19. The largest absolute Gasteiger partial charge is 0.394 e. The van der Waals surface area contributed by atoms with E-state index >= 15 is 0 Å². The van der Waals surface area contributed by atoms with Crippen molar-refractivity contribution in [3.05, 3.63) is 34.9 Å². The maximum Gasteiger partial charge on any atom is 0.254 e. The van der Waals surface area contributed by atoms with E-state index in [-0.39, 0.29) is 18.6 Å². The zero-order valence-corrected chi connectivity index (χ0v) is 10.6. The number of benzene rings is 1. The van der Waals surface area contributed by atoms with Gasteiger partial charge < -0.3 is 10.0 Å². The Morgan fingerprint density at radius 2 is 2.11 bits per heavy atom. The molecule has 3 nitrogen and oxygen atoms in total. The number of aryl methyl sites for hydroxylation is 2. The Morgan fingerprint density at radius 1 is 1.28 bits per heavy atom. The molecule has 0 radical (unpaired) electrons. The number of rotatable bonds is 2. The number of hydrogen-bond donors (Lipinski definition) is 1. The molecule has 2 aliphatic rings. The Bertz CT molecular complexity index is 470. The third-order valence-corrected chi connectivity index (χ3v) is 4.19. The lowest BCUT2D eigenvalue weighted by Gasteiger charge is -2.23. The first-order valence-corrected chi connectivity index (χ1v) is 6.83. The van der Waals surface area contributed by atoms with Crippen molar-refractivity contribution in [2.75, 3.05) is 13.2 Å². The number of carbonyl (C=O) groups is 1. The van der Waals surface area contributed by atoms with Crippen LogP contribution in [0, 0.1) is 0 Å². The van der Waals surface area contributed by atoms with Gasteiger partial charge in [0.2, 0.25) is 0 Å². The molecule has 96 valence electrons. The molecule has 1 fully saturated rings. The lowest BCUT2D eigenvalue weighted by Crippen LogP contribution is -2.37. The summed E-state index contributed by atoms with van der Waals surface area (Å²) in [6.45, 7) is 0.859. The van der Waals surface area contributed by atoms with Crippen LogP contribution in [-0.4, -0.2) is 35.1 Å². The summed E-state index contributed by atoms with van der Waals surface area (Å²) >= 11 is 0. The van der Waals surface area contributed by atoms with E-state index in [0.29, 0.717) is 0 Å². The van der Waals surface area contributed by atoms with Gasteiger partial charge in [-0.1, -0.05) is 6.07 Å². The van der Waals surface area contributed by atoms with Gasteiger partial charge in [0.25, 0.3) is 5.91 Å². The van der Waals surface area contributed by atoms with E-state index < -0.39 is 0 Å². The van der Waals surface area contributed by atoms with E-state index in [1.807, 2.05) is 11.0 Å². The Hall–Kier alpha value is -1.35. The molecule has 0 unspecified atom stereocenters. The van der Waals surface area contributed by atoms with Crippen LogP contribution in [0.2, 0.25) is 0 Å². The second-order valence-electron chi connectivity index (χ2n) is 5.31. The van der Waals surface area contributed by atoms with Gasteiger partial charge in [-0.25, -0.2) is 0 Å². The molecule has 1 amide bonds. The van der Waals surface area contributed by atoms with Crippen molar-refractivity contribution in [1.29, 1.82) is 0 Å². The molecule has 1 aliphatic heterocycles. The van der Waals surface area contributed by atoms with Crippen molar-refractivity contribution in [2.24, 2.45) is 0 Å². The zero-order valence-electron chi connectivity index (χ0n) is 10.6. The summed E-state index contributed by atoms with van der Waals surface area (Å²) < 4.78 is 0. The van der Waals surface area contributed by atoms with Crippen molar-refractivity contribution in [1.82, 2.24) is 4.90 Å². The van der Waals surface area contributed by atoms with Gasteiger partial charge in [0.05, 0.1) is 12.6 Å². The van der Waals surface area contributed by atoms with E-state index in [9.17, 15) is 9.90 Å². The molecule has 1 N–H and O–H groups in total. The van der Waals surface area contributed by atoms with E-state index in [0.717, 1.165) is 37.8 Å². The number of hydrogen-bond acceptors (Lipinski definition) is 2. The molecule has 1 atom stereocenters. The summed E-state index contributed by atoms with van der Waals surface area (Å²) in [4.78, 5) is 14.3. The predicted octanol–water partition coefficient (Wildman–Crippen LogP) is 1.77. The van der Waals surface area contributed by atoms with Crippen LogP contribution in [0.15, 0.2) is 18.2 Å². The fourth-order valence-corrected chi connectivity index (χ4v) is 3.16. The second kappa shape index (κ2) is 4.73. The van der Waals surface area contributed by atoms with Crippen LogP contribution in [0.3, 0.4) is 0 Å². The average Bonchev–Trinajstić information content (AvgIpc) is 3.05. The number of carbonyl (C=O) groups excluding carboxylic acids is 1. The first-order valence-electron chi connectivity index (χ1n) is 6.83. The number of likely N-dealkylation sites (tertiary alicyclic amines) is 1. The van der Waals surface area contributed by atoms with Gasteiger partial charge in [0.15, 0.2) is 0 Å². The quantitative estimate of drug-likeness (QED) is 0.862. The minimum absolute atomic E-state index is 0.0192. The van der Waals surface area contributed by atoms with Crippen LogP contribution in [-0.2, 0) is 12.8 Å². The second-order valence-corrected chi connectivity index (χ2v) is 5.31. The normalized spacial score (nSPS) is 22.3. The lowest BCUT2D eigenvalue weighted by atomic mass is 10.1. The summed E-state index contributed by atoms with van der Waals surface area (Å²) in [6.07, 6.45) is 5.37. The molecule has 3 heteroatoms. The van der Waals surface area contributed by atoms with Crippen molar-refractivity contribution >= 4 is 5.91 Å². The SMILES string of the molecule is O=C(c1ccc2c(c1)CCC2)N1CCC[C@@H]1CO. The molecule has 1 aromatic rings. The molecule has 1 aliphatic carbocycles. The summed E-state index contributed by atoms with van der Waals surface area (Å²) in [5, 5.41) is 9.29. The molecule has 0 aromatic heterocycles. The summed E-state index contributed by atoms with van der Waals surface area (Å²) in [5.41, 5.74) is 3.52. The summed E-state index contributed by atoms with van der Waals surface area (Å²) in [5.74, 6) is 0.0845. The van der Waals surface area contributed by atoms with Crippen LogP contribution >= 0.6 is 0 Å². The van der Waals surface area contributed by atoms with Crippen molar-refractivity contribution < 1.29 is 9.90 Å². The van der Waals surface area contributed by atoms with Crippen molar-refractivity contribution in [3.63, 3.8) is 0 Å². The van der Waals surface area contributed by atoms with E-state index in [2.05, 4.69) is 12.1 Å². The molecule has 0 spiro atoms. The first kappa shape index (κ1) is 11.7. The number of nitrogens with zero attached hydrogens (tertiary/aromatic N) is 1. The zero-order chi connectivity index (χ0) is 12.5. The van der Waals surface area contributed by atoms with Crippen molar-refractivity contribution in [2.45, 2.75) is 38.1 Å². The van der Waals surface area contributed by atoms with Gasteiger partial charge in [-0.15, -0.1) is 0 Å². The van der Waals surface area contributed by atoms with Gasteiger partial charge >= 0.3 is 0 Å². The molecule has 3 rings (SSSR count). The lowest BCUT2D eigenvalue weighted by molar-refractivity contribution is 0.0677. The summed E-state index contributed by atoms with van der Waals surface area (Å²) in [6, 6.07) is 6.11. The molecular weight excluding hydrogens is 226 g/mol. The Labute approximate surface area is 107 Å². The number of amides is 1. The van der Waals surface area contributed by atoms with Gasteiger partial charge in [0, 0.05) is 12.1 Å². The standard InChI is InChI=1S/C15H19NO2/c17-10-14-5-2-8-16(14)15(18)13-7-6-11-3-1-4-12(11)9-13/h6-7,9,14,17H,1-5,8,10H2/t14-/m1/s1. The molecule has 1 heterocycles. The molecular formula is C15H19NO2. The third kappa shape index (κ3) is 1.93. The van der Waals surface area contributed by atoms with Gasteiger partial charge in [0.1, 0.15) is 0 Å². The topological polar surface area (TPSA) is 40.5 Å². The molecule has 1 aromatic carbocycles. The van der Waals surface area contributed by atoms with Crippen molar-refractivity contribution in [3.8, 4) is 0 Å². The highest BCUT2D eigenvalue weighted by Gasteiger charge is 2.29. The monoisotopic (exact) mass is 245 g/mol. The molecule has 0 saturated carbocycles. The van der Waals surface area contributed by atoms with Crippen LogP contribution in [0.25, 0.3) is 0 Å². The Morgan fingerprint density at radius 3 is 2.94 bits per heavy atom. The van der Waals surface area contributed by atoms with Crippen LogP contribution in [0.4, 0.5) is 0 Å². The number of fused-ring (bicyclic) bond motifs is 1. The predicted molar refractivity (Wildman–Crippen MR) is 69.6 cm³/mol. The first-order chi connectivity index (χ1) is 8.79. The van der Waals surface area contributed by atoms with Crippen LogP contribution in [0.5, 0.6) is 0 Å². The molecule has 0 bridgehead atoms. The minimum Gasteiger partial charge on any atom is -0.394 e. The highest BCUT2D eigenvalue weighted by molar-refractivity contribution is 5.95. The smallest absolute Gasteiger partial charge is 0.254 e. The Kier molecular flexibility index (Phi) is 3.08. The number of aliphatic hydroxyl groups is 1. The molecule has 1 saturated heterocycles. The minimum atomic E-state index is 0.0192. The maximum atomic E-state index is 12.4. The van der Waals surface area contributed by atoms with Crippen LogP contribution < -0.4 is 0 Å². The van der Waals surface area contributed by atoms with Crippen LogP contribution in [0.1, 0.15) is 40.7 Å². The maximum absolute atomic E-state index is 12.4. The number of aliphatic hydroxyl groups excluding tert-OH is 1. The van der Waals surface area contributed by atoms with E-state index in [1.165, 1.54) is 17.5 Å². The van der Waals surface area contributed by atoms with E-state index in [1.54, 1.807) is 0 Å². The highest BCUT2D eigenvalue weighted by Crippen LogP contribution is 2.25. The fourth-order valence-electron chi connectivity index (χ4n) is 3.16. The molecule has 18 heavy (non-hydrogen) atoms. The summed E-state index contributed by atoms with van der Waals surface area (Å²) in [7, 11) is 0. The fraction of sp³-hybridized carbons (Fsp3) is 0.533. The van der Waals surface area contributed by atoms with Gasteiger partial charge in [-0.2, -0.15) is 0 Å². The van der Waals surface area contributed by atoms with E-state index in [4.69, 9.17) is 0 Å². The van der Waals surface area contributed by atoms with Gasteiger partial charge in [-0.3, -0.25) is 4.79 Å². The average molecular weight is 245 g/mol.